The zero-order valence-electron chi connectivity index (χ0n) is 11.8. The number of pyridine rings is 1. The number of nitrogens with zero attached hydrogens (tertiary/aromatic N) is 2. The summed E-state index contributed by atoms with van der Waals surface area (Å²) in [5, 5.41) is 3.78. The second-order valence-electron chi connectivity index (χ2n) is 5.76. The maximum atomic E-state index is 11.4. The van der Waals surface area contributed by atoms with Gasteiger partial charge < -0.3 is 10.2 Å². The summed E-state index contributed by atoms with van der Waals surface area (Å²) in [4.78, 5) is 6.51. The molecule has 3 heterocycles. The van der Waals surface area contributed by atoms with Crippen molar-refractivity contribution in [1.29, 1.82) is 0 Å². The summed E-state index contributed by atoms with van der Waals surface area (Å²) < 4.78 is 11.4. The van der Waals surface area contributed by atoms with Gasteiger partial charge in [-0.25, -0.2) is 0 Å². The molecule has 1 N–H and O–H groups in total. The summed E-state index contributed by atoms with van der Waals surface area (Å²) in [5.74, 6) is 1.76. The predicted octanol–water partition coefficient (Wildman–Crippen LogP) is 1.55. The summed E-state index contributed by atoms with van der Waals surface area (Å²) in [6, 6.07) is 5.39. The molecular weight excluding hydrogens is 270 g/mol. The molecule has 0 aliphatic carbocycles. The van der Waals surface area contributed by atoms with E-state index in [1.54, 1.807) is 0 Å². The molecule has 2 saturated heterocycles. The van der Waals surface area contributed by atoms with Gasteiger partial charge in [-0.3, -0.25) is 9.19 Å². The van der Waals surface area contributed by atoms with Crippen LogP contribution < -0.4 is 10.2 Å². The number of anilines is 1. The van der Waals surface area contributed by atoms with Crippen LogP contribution in [0, 0.1) is 0 Å². The number of nitrogens with one attached hydrogen (secondary N) is 1. The Morgan fingerprint density at radius 1 is 1.05 bits per heavy atom. The van der Waals surface area contributed by atoms with E-state index in [0.29, 0.717) is 12.1 Å². The molecule has 110 valence electrons. The average molecular weight is 293 g/mol. The quantitative estimate of drug-likeness (QED) is 0.918. The zero-order valence-corrected chi connectivity index (χ0v) is 12.6. The Balaban J connectivity index is 1.46. The first-order valence-corrected chi connectivity index (χ1v) is 9.06. The van der Waals surface area contributed by atoms with Gasteiger partial charge in [0.2, 0.25) is 0 Å². The van der Waals surface area contributed by atoms with Gasteiger partial charge in [0.1, 0.15) is 0 Å². The molecule has 0 bridgehead atoms. The number of rotatable bonds is 3. The van der Waals surface area contributed by atoms with Gasteiger partial charge in [0.25, 0.3) is 0 Å². The van der Waals surface area contributed by atoms with Crippen molar-refractivity contribution in [3.8, 4) is 0 Å². The van der Waals surface area contributed by atoms with Crippen LogP contribution in [-0.2, 0) is 10.8 Å². The molecular formula is C15H23N3OS. The van der Waals surface area contributed by atoms with Crippen LogP contribution in [0.4, 0.5) is 5.69 Å². The number of aromatic nitrogens is 1. The molecule has 5 heteroatoms. The molecule has 2 aliphatic rings. The van der Waals surface area contributed by atoms with E-state index in [9.17, 15) is 4.21 Å². The minimum absolute atomic E-state index is 0.552. The molecule has 0 spiro atoms. The van der Waals surface area contributed by atoms with Gasteiger partial charge in [-0.1, -0.05) is 0 Å². The molecule has 3 rings (SSSR count). The van der Waals surface area contributed by atoms with Crippen molar-refractivity contribution in [2.24, 2.45) is 0 Å². The van der Waals surface area contributed by atoms with E-state index in [1.165, 1.54) is 18.5 Å². The average Bonchev–Trinajstić information content (AvgIpc) is 2.51. The lowest BCUT2D eigenvalue weighted by Gasteiger charge is -2.36. The van der Waals surface area contributed by atoms with Gasteiger partial charge in [0.05, 0.1) is 0 Å². The normalized spacial score (nSPS) is 28.5. The Labute approximate surface area is 123 Å². The fourth-order valence-electron chi connectivity index (χ4n) is 3.15. The molecule has 0 atom stereocenters. The summed E-state index contributed by atoms with van der Waals surface area (Å²) in [5.41, 5.74) is 1.28. The van der Waals surface area contributed by atoms with E-state index in [-0.39, 0.29) is 0 Å². The SMILES string of the molecule is O=S1CCC(NC2CCN(c3ccncc3)CC2)CC1. The minimum Gasteiger partial charge on any atom is -0.371 e. The number of hydrogen-bond donors (Lipinski definition) is 1. The van der Waals surface area contributed by atoms with Crippen molar-refractivity contribution in [3.05, 3.63) is 24.5 Å². The Bertz CT molecular complexity index is 436. The lowest BCUT2D eigenvalue weighted by atomic mass is 10.0. The highest BCUT2D eigenvalue weighted by molar-refractivity contribution is 7.85. The predicted molar refractivity (Wildman–Crippen MR) is 83.5 cm³/mol. The maximum absolute atomic E-state index is 11.4. The molecule has 0 aromatic carbocycles. The van der Waals surface area contributed by atoms with E-state index < -0.39 is 10.8 Å². The van der Waals surface area contributed by atoms with Crippen molar-refractivity contribution >= 4 is 16.5 Å². The van der Waals surface area contributed by atoms with Gasteiger partial charge in [-0.15, -0.1) is 0 Å². The third kappa shape index (κ3) is 3.58. The van der Waals surface area contributed by atoms with Gasteiger partial charge in [0.15, 0.2) is 0 Å². The van der Waals surface area contributed by atoms with Crippen molar-refractivity contribution < 1.29 is 4.21 Å². The van der Waals surface area contributed by atoms with Crippen LogP contribution in [0.5, 0.6) is 0 Å². The van der Waals surface area contributed by atoms with Gasteiger partial charge in [0, 0.05) is 65.6 Å². The van der Waals surface area contributed by atoms with E-state index in [4.69, 9.17) is 0 Å². The summed E-state index contributed by atoms with van der Waals surface area (Å²) >= 11 is 0. The lowest BCUT2D eigenvalue weighted by molar-refractivity contribution is 0.352. The Kier molecular flexibility index (Phi) is 4.68. The van der Waals surface area contributed by atoms with Crippen molar-refractivity contribution in [1.82, 2.24) is 10.3 Å². The molecule has 2 fully saturated rings. The van der Waals surface area contributed by atoms with Crippen LogP contribution in [0.15, 0.2) is 24.5 Å². The van der Waals surface area contributed by atoms with Crippen LogP contribution >= 0.6 is 0 Å². The van der Waals surface area contributed by atoms with Crippen LogP contribution in [0.2, 0.25) is 0 Å². The molecule has 0 amide bonds. The highest BCUT2D eigenvalue weighted by Gasteiger charge is 2.24. The highest BCUT2D eigenvalue weighted by Crippen LogP contribution is 2.20. The summed E-state index contributed by atoms with van der Waals surface area (Å²) in [6.07, 6.45) is 8.28. The van der Waals surface area contributed by atoms with Crippen LogP contribution in [-0.4, -0.2) is 45.9 Å². The van der Waals surface area contributed by atoms with Crippen LogP contribution in [0.25, 0.3) is 0 Å². The minimum atomic E-state index is -0.552. The smallest absolute Gasteiger partial charge is 0.0397 e. The molecule has 20 heavy (non-hydrogen) atoms. The lowest BCUT2D eigenvalue weighted by Crippen LogP contribution is -2.48. The Morgan fingerprint density at radius 3 is 2.30 bits per heavy atom. The van der Waals surface area contributed by atoms with Gasteiger partial charge >= 0.3 is 0 Å². The number of piperidine rings is 1. The topological polar surface area (TPSA) is 45.2 Å². The maximum Gasteiger partial charge on any atom is 0.0397 e. The van der Waals surface area contributed by atoms with Crippen LogP contribution in [0.3, 0.4) is 0 Å². The van der Waals surface area contributed by atoms with Crippen LogP contribution in [0.1, 0.15) is 25.7 Å². The molecule has 0 radical (unpaired) electrons. The molecule has 0 saturated carbocycles. The summed E-state index contributed by atoms with van der Waals surface area (Å²) in [6.45, 7) is 2.22. The standard InChI is InChI=1S/C15H23N3OS/c19-20-11-5-14(6-12-20)17-13-3-9-18(10-4-13)15-1-7-16-8-2-15/h1-2,7-8,13-14,17H,3-6,9-12H2. The highest BCUT2D eigenvalue weighted by atomic mass is 32.2. The summed E-state index contributed by atoms with van der Waals surface area (Å²) in [7, 11) is -0.552. The van der Waals surface area contributed by atoms with Gasteiger partial charge in [-0.05, 0) is 37.8 Å². The molecule has 0 unspecified atom stereocenters. The van der Waals surface area contributed by atoms with E-state index in [0.717, 1.165) is 37.4 Å². The van der Waals surface area contributed by atoms with E-state index in [2.05, 4.69) is 27.3 Å². The van der Waals surface area contributed by atoms with Crippen molar-refractivity contribution in [2.45, 2.75) is 37.8 Å². The monoisotopic (exact) mass is 293 g/mol. The molecule has 2 aliphatic heterocycles. The fraction of sp³-hybridized carbons (Fsp3) is 0.667. The van der Waals surface area contributed by atoms with E-state index in [1.807, 2.05) is 12.4 Å². The first kappa shape index (κ1) is 14.0. The number of hydrogen-bond acceptors (Lipinski definition) is 4. The molecule has 1 aromatic heterocycles. The largest absolute Gasteiger partial charge is 0.371 e. The fourth-order valence-corrected chi connectivity index (χ4v) is 4.45. The van der Waals surface area contributed by atoms with Crippen molar-refractivity contribution in [3.63, 3.8) is 0 Å². The first-order chi connectivity index (χ1) is 9.81. The zero-order chi connectivity index (χ0) is 13.8. The third-order valence-corrected chi connectivity index (χ3v) is 5.76. The van der Waals surface area contributed by atoms with Gasteiger partial charge in [-0.2, -0.15) is 0 Å². The van der Waals surface area contributed by atoms with Crippen molar-refractivity contribution in [2.75, 3.05) is 29.5 Å². The Morgan fingerprint density at radius 2 is 1.65 bits per heavy atom. The second kappa shape index (κ2) is 6.68. The third-order valence-electron chi connectivity index (χ3n) is 4.38. The Hall–Kier alpha value is -0.940. The first-order valence-electron chi connectivity index (χ1n) is 7.57. The second-order valence-corrected chi connectivity index (χ2v) is 7.45. The van der Waals surface area contributed by atoms with E-state index >= 15 is 0 Å². The molecule has 1 aromatic rings. The molecule has 4 nitrogen and oxygen atoms in total.